The van der Waals surface area contributed by atoms with E-state index in [9.17, 15) is 0 Å². The minimum Gasteiger partial charge on any atom is -0.222 e. The lowest BCUT2D eigenvalue weighted by atomic mass is 9.91. The number of aromatic nitrogens is 3. The van der Waals surface area contributed by atoms with Gasteiger partial charge in [-0.25, -0.2) is 4.98 Å². The summed E-state index contributed by atoms with van der Waals surface area (Å²) in [7, 11) is 0. The summed E-state index contributed by atoms with van der Waals surface area (Å²) in [5.74, 6) is 2.10. The summed E-state index contributed by atoms with van der Waals surface area (Å²) in [6.07, 6.45) is 10.4. The highest BCUT2D eigenvalue weighted by atomic mass is 32.2. The molecule has 1 heterocycles. The van der Waals surface area contributed by atoms with Crippen LogP contribution in [0.4, 0.5) is 0 Å². The van der Waals surface area contributed by atoms with Gasteiger partial charge in [-0.3, -0.25) is 0 Å². The van der Waals surface area contributed by atoms with E-state index < -0.39 is 0 Å². The zero-order chi connectivity index (χ0) is 8.93. The normalized spacial score (nSPS) is 19.1. The Kier molecular flexibility index (Phi) is 3.24. The smallest absolute Gasteiger partial charge is 0.138 e. The summed E-state index contributed by atoms with van der Waals surface area (Å²) in [6, 6.07) is 0. The Morgan fingerprint density at radius 3 is 2.85 bits per heavy atom. The molecule has 0 bridgehead atoms. The second-order valence-electron chi connectivity index (χ2n) is 3.60. The summed E-state index contributed by atoms with van der Waals surface area (Å²) in [5, 5.41) is 4.07. The Balaban J connectivity index is 1.72. The van der Waals surface area contributed by atoms with Crippen molar-refractivity contribution in [1.82, 2.24) is 14.2 Å². The molecule has 0 unspecified atom stereocenters. The molecule has 0 aromatic carbocycles. The Morgan fingerprint density at radius 1 is 1.31 bits per heavy atom. The van der Waals surface area contributed by atoms with E-state index in [-0.39, 0.29) is 0 Å². The maximum Gasteiger partial charge on any atom is 0.138 e. The minimum absolute atomic E-state index is 0.906. The van der Waals surface area contributed by atoms with E-state index in [1.54, 1.807) is 24.6 Å². The van der Waals surface area contributed by atoms with Crippen molar-refractivity contribution < 1.29 is 0 Å². The van der Waals surface area contributed by atoms with Crippen molar-refractivity contribution in [3.63, 3.8) is 0 Å². The SMILES string of the molecule is c1ncn(SCC2CCCCC2)n1. The van der Waals surface area contributed by atoms with Gasteiger partial charge in [0.2, 0.25) is 0 Å². The topological polar surface area (TPSA) is 30.7 Å². The zero-order valence-corrected chi connectivity index (χ0v) is 8.54. The average Bonchev–Trinajstić information content (AvgIpc) is 2.69. The minimum atomic E-state index is 0.906. The molecule has 0 N–H and O–H groups in total. The molecule has 3 nitrogen and oxygen atoms in total. The molecule has 0 saturated heterocycles. The van der Waals surface area contributed by atoms with Gasteiger partial charge in [-0.05, 0) is 30.7 Å². The van der Waals surface area contributed by atoms with Crippen LogP contribution in [0.5, 0.6) is 0 Å². The van der Waals surface area contributed by atoms with E-state index in [1.165, 1.54) is 37.9 Å². The van der Waals surface area contributed by atoms with Gasteiger partial charge in [-0.15, -0.1) is 5.10 Å². The van der Waals surface area contributed by atoms with E-state index in [2.05, 4.69) is 10.1 Å². The van der Waals surface area contributed by atoms with Crippen LogP contribution in [0, 0.1) is 5.92 Å². The van der Waals surface area contributed by atoms with E-state index >= 15 is 0 Å². The highest BCUT2D eigenvalue weighted by molar-refractivity contribution is 7.97. The van der Waals surface area contributed by atoms with Gasteiger partial charge < -0.3 is 0 Å². The van der Waals surface area contributed by atoms with Crippen LogP contribution in [-0.4, -0.2) is 19.9 Å². The van der Waals surface area contributed by atoms with Crippen LogP contribution in [0.25, 0.3) is 0 Å². The third kappa shape index (κ3) is 2.72. The van der Waals surface area contributed by atoms with Crippen molar-refractivity contribution in [3.8, 4) is 0 Å². The second-order valence-corrected chi connectivity index (χ2v) is 4.56. The lowest BCUT2D eigenvalue weighted by Crippen LogP contribution is -2.09. The standard InChI is InChI=1S/C9H15N3S/c1-2-4-9(5-3-1)6-13-12-8-10-7-11-12/h7-9H,1-6H2. The Hall–Kier alpha value is -0.510. The Morgan fingerprint density at radius 2 is 2.15 bits per heavy atom. The molecule has 1 aliphatic rings. The second kappa shape index (κ2) is 4.65. The van der Waals surface area contributed by atoms with Crippen LogP contribution >= 0.6 is 11.9 Å². The molecule has 1 saturated carbocycles. The van der Waals surface area contributed by atoms with Gasteiger partial charge in [-0.2, -0.15) is 4.09 Å². The number of rotatable bonds is 3. The van der Waals surface area contributed by atoms with Crippen LogP contribution in [0.1, 0.15) is 32.1 Å². The van der Waals surface area contributed by atoms with Crippen molar-refractivity contribution >= 4 is 11.9 Å². The molecule has 0 aliphatic heterocycles. The van der Waals surface area contributed by atoms with Gasteiger partial charge in [0.05, 0.1) is 0 Å². The maximum absolute atomic E-state index is 4.07. The van der Waals surface area contributed by atoms with Crippen LogP contribution in [0.3, 0.4) is 0 Å². The fourth-order valence-corrected chi connectivity index (χ4v) is 2.73. The fourth-order valence-electron chi connectivity index (χ4n) is 1.80. The molecule has 2 rings (SSSR count). The first-order valence-corrected chi connectivity index (χ1v) is 5.87. The largest absolute Gasteiger partial charge is 0.222 e. The van der Waals surface area contributed by atoms with Crippen LogP contribution < -0.4 is 0 Å². The summed E-state index contributed by atoms with van der Waals surface area (Å²) in [5.41, 5.74) is 0. The summed E-state index contributed by atoms with van der Waals surface area (Å²) in [6.45, 7) is 0. The number of hydrogen-bond donors (Lipinski definition) is 0. The molecule has 72 valence electrons. The molecule has 1 fully saturated rings. The van der Waals surface area contributed by atoms with Crippen molar-refractivity contribution in [1.29, 1.82) is 0 Å². The molecular weight excluding hydrogens is 182 g/mol. The molecule has 4 heteroatoms. The Bertz CT molecular complexity index is 229. The third-order valence-electron chi connectivity index (χ3n) is 2.56. The summed E-state index contributed by atoms with van der Waals surface area (Å²) >= 11 is 1.78. The third-order valence-corrected chi connectivity index (χ3v) is 3.64. The first kappa shape index (κ1) is 9.06. The molecule has 0 spiro atoms. The van der Waals surface area contributed by atoms with E-state index in [1.807, 2.05) is 4.09 Å². The van der Waals surface area contributed by atoms with Gasteiger partial charge in [0, 0.05) is 5.75 Å². The first-order valence-electron chi connectivity index (χ1n) is 4.93. The predicted molar refractivity (Wildman–Crippen MR) is 54.5 cm³/mol. The van der Waals surface area contributed by atoms with E-state index in [0.29, 0.717) is 0 Å². The Labute approximate surface area is 83.1 Å². The summed E-state index contributed by atoms with van der Waals surface area (Å²) in [4.78, 5) is 3.92. The van der Waals surface area contributed by atoms with Crippen molar-refractivity contribution in [2.45, 2.75) is 32.1 Å². The molecule has 1 aromatic rings. The van der Waals surface area contributed by atoms with Crippen LogP contribution in [-0.2, 0) is 0 Å². The number of nitrogens with zero attached hydrogens (tertiary/aromatic N) is 3. The van der Waals surface area contributed by atoms with E-state index in [4.69, 9.17) is 0 Å². The van der Waals surface area contributed by atoms with Crippen LogP contribution in [0.2, 0.25) is 0 Å². The monoisotopic (exact) mass is 197 g/mol. The molecular formula is C9H15N3S. The van der Waals surface area contributed by atoms with Crippen molar-refractivity contribution in [2.75, 3.05) is 5.75 Å². The van der Waals surface area contributed by atoms with Gasteiger partial charge in [-0.1, -0.05) is 19.3 Å². The van der Waals surface area contributed by atoms with Crippen molar-refractivity contribution in [2.24, 2.45) is 5.92 Å². The fraction of sp³-hybridized carbons (Fsp3) is 0.778. The van der Waals surface area contributed by atoms with Gasteiger partial charge in [0.15, 0.2) is 0 Å². The number of hydrogen-bond acceptors (Lipinski definition) is 3. The van der Waals surface area contributed by atoms with Crippen molar-refractivity contribution in [3.05, 3.63) is 12.7 Å². The molecule has 0 radical (unpaired) electrons. The summed E-state index contributed by atoms with van der Waals surface area (Å²) < 4.78 is 1.86. The van der Waals surface area contributed by atoms with Gasteiger partial charge in [0.25, 0.3) is 0 Å². The van der Waals surface area contributed by atoms with E-state index in [0.717, 1.165) is 5.92 Å². The maximum atomic E-state index is 4.07. The lowest BCUT2D eigenvalue weighted by molar-refractivity contribution is 0.390. The highest BCUT2D eigenvalue weighted by Gasteiger charge is 2.13. The van der Waals surface area contributed by atoms with Crippen LogP contribution in [0.15, 0.2) is 12.7 Å². The molecule has 0 amide bonds. The molecule has 1 aromatic heterocycles. The average molecular weight is 197 g/mol. The molecule has 13 heavy (non-hydrogen) atoms. The lowest BCUT2D eigenvalue weighted by Gasteiger charge is -2.20. The predicted octanol–water partition coefficient (Wildman–Crippen LogP) is 2.35. The first-order chi connectivity index (χ1) is 6.45. The van der Waals surface area contributed by atoms with Gasteiger partial charge >= 0.3 is 0 Å². The quantitative estimate of drug-likeness (QED) is 0.745. The zero-order valence-electron chi connectivity index (χ0n) is 7.72. The molecule has 0 atom stereocenters. The highest BCUT2D eigenvalue weighted by Crippen LogP contribution is 2.26. The molecule has 1 aliphatic carbocycles. The van der Waals surface area contributed by atoms with Gasteiger partial charge in [0.1, 0.15) is 12.7 Å².